The Kier molecular flexibility index (Phi) is 6.44. The van der Waals surface area contributed by atoms with Crippen LogP contribution < -0.4 is 0 Å². The predicted molar refractivity (Wildman–Crippen MR) is 49.9 cm³/mol. The molecule has 0 bridgehead atoms. The zero-order valence-electron chi connectivity index (χ0n) is 8.01. The van der Waals surface area contributed by atoms with E-state index in [4.69, 9.17) is 4.74 Å². The van der Waals surface area contributed by atoms with Crippen LogP contribution in [0.2, 0.25) is 0 Å². The lowest BCUT2D eigenvalue weighted by atomic mass is 10.1. The van der Waals surface area contributed by atoms with Gasteiger partial charge in [0.1, 0.15) is 6.10 Å². The van der Waals surface area contributed by atoms with Crippen molar-refractivity contribution in [1.82, 2.24) is 0 Å². The van der Waals surface area contributed by atoms with Gasteiger partial charge in [0.25, 0.3) is 0 Å². The molecule has 0 aromatic rings. The van der Waals surface area contributed by atoms with Crippen LogP contribution in [0.15, 0.2) is 12.7 Å². The molecule has 0 unspecified atom stereocenters. The highest BCUT2D eigenvalue weighted by molar-refractivity contribution is 5.66. The van der Waals surface area contributed by atoms with E-state index in [1.807, 2.05) is 0 Å². The SMILES string of the molecule is C=C[C@@H](CCCCC)OC(C)=O. The first-order valence-corrected chi connectivity index (χ1v) is 4.50. The fraction of sp³-hybridized carbons (Fsp3) is 0.700. The van der Waals surface area contributed by atoms with E-state index in [2.05, 4.69) is 13.5 Å². The largest absolute Gasteiger partial charge is 0.458 e. The summed E-state index contributed by atoms with van der Waals surface area (Å²) < 4.78 is 4.99. The van der Waals surface area contributed by atoms with Gasteiger partial charge in [-0.25, -0.2) is 0 Å². The lowest BCUT2D eigenvalue weighted by molar-refractivity contribution is -0.144. The predicted octanol–water partition coefficient (Wildman–Crippen LogP) is 2.68. The highest BCUT2D eigenvalue weighted by Crippen LogP contribution is 2.07. The van der Waals surface area contributed by atoms with Crippen molar-refractivity contribution in [3.63, 3.8) is 0 Å². The molecule has 0 aromatic carbocycles. The number of hydrogen-bond acceptors (Lipinski definition) is 2. The molecule has 0 spiro atoms. The average molecular weight is 170 g/mol. The molecular weight excluding hydrogens is 152 g/mol. The van der Waals surface area contributed by atoms with Crippen LogP contribution in [-0.2, 0) is 9.53 Å². The molecule has 0 radical (unpaired) electrons. The molecule has 0 aliphatic carbocycles. The summed E-state index contributed by atoms with van der Waals surface area (Å²) in [4.78, 5) is 10.6. The second kappa shape index (κ2) is 6.89. The molecule has 1 atom stereocenters. The summed E-state index contributed by atoms with van der Waals surface area (Å²) in [6.45, 7) is 7.19. The number of esters is 1. The summed E-state index contributed by atoms with van der Waals surface area (Å²) >= 11 is 0. The molecule has 0 aliphatic rings. The summed E-state index contributed by atoms with van der Waals surface area (Å²) in [5.74, 6) is -0.226. The summed E-state index contributed by atoms with van der Waals surface area (Å²) in [5, 5.41) is 0. The minimum Gasteiger partial charge on any atom is -0.458 e. The monoisotopic (exact) mass is 170 g/mol. The van der Waals surface area contributed by atoms with Gasteiger partial charge in [-0.15, -0.1) is 0 Å². The van der Waals surface area contributed by atoms with E-state index in [0.29, 0.717) is 0 Å². The van der Waals surface area contributed by atoms with Gasteiger partial charge in [-0.1, -0.05) is 32.4 Å². The molecular formula is C10H18O2. The second-order valence-electron chi connectivity index (χ2n) is 2.88. The van der Waals surface area contributed by atoms with Gasteiger partial charge in [-0.3, -0.25) is 4.79 Å². The van der Waals surface area contributed by atoms with Gasteiger partial charge >= 0.3 is 5.97 Å². The van der Waals surface area contributed by atoms with E-state index in [-0.39, 0.29) is 12.1 Å². The van der Waals surface area contributed by atoms with Gasteiger partial charge in [0.2, 0.25) is 0 Å². The van der Waals surface area contributed by atoms with Gasteiger partial charge in [-0.2, -0.15) is 0 Å². The second-order valence-corrected chi connectivity index (χ2v) is 2.88. The van der Waals surface area contributed by atoms with Crippen molar-refractivity contribution >= 4 is 5.97 Å². The molecule has 12 heavy (non-hydrogen) atoms. The topological polar surface area (TPSA) is 26.3 Å². The minimum absolute atomic E-state index is 0.0888. The molecule has 0 aromatic heterocycles. The number of carbonyl (C=O) groups is 1. The quantitative estimate of drug-likeness (QED) is 0.348. The van der Waals surface area contributed by atoms with Crippen LogP contribution >= 0.6 is 0 Å². The van der Waals surface area contributed by atoms with E-state index in [1.54, 1.807) is 6.08 Å². The average Bonchev–Trinajstić information content (AvgIpc) is 2.02. The first-order chi connectivity index (χ1) is 5.70. The Morgan fingerprint density at radius 1 is 1.58 bits per heavy atom. The van der Waals surface area contributed by atoms with Crippen molar-refractivity contribution in [2.24, 2.45) is 0 Å². The number of unbranched alkanes of at least 4 members (excludes halogenated alkanes) is 2. The van der Waals surface area contributed by atoms with Crippen LogP contribution in [-0.4, -0.2) is 12.1 Å². The smallest absolute Gasteiger partial charge is 0.303 e. The van der Waals surface area contributed by atoms with Crippen LogP contribution in [0.4, 0.5) is 0 Å². The highest BCUT2D eigenvalue weighted by atomic mass is 16.5. The zero-order chi connectivity index (χ0) is 9.40. The molecule has 0 rings (SSSR count). The summed E-state index contributed by atoms with van der Waals surface area (Å²) in [5.41, 5.74) is 0. The molecule has 0 amide bonds. The number of ether oxygens (including phenoxy) is 1. The molecule has 0 fully saturated rings. The van der Waals surface area contributed by atoms with Gasteiger partial charge in [-0.05, 0) is 12.8 Å². The third kappa shape index (κ3) is 5.96. The van der Waals surface area contributed by atoms with Gasteiger partial charge in [0.15, 0.2) is 0 Å². The minimum atomic E-state index is -0.226. The van der Waals surface area contributed by atoms with Crippen molar-refractivity contribution in [2.45, 2.75) is 45.6 Å². The van der Waals surface area contributed by atoms with Gasteiger partial charge < -0.3 is 4.74 Å². The Morgan fingerprint density at radius 3 is 2.67 bits per heavy atom. The molecule has 70 valence electrons. The van der Waals surface area contributed by atoms with E-state index in [0.717, 1.165) is 12.8 Å². The van der Waals surface area contributed by atoms with Crippen LogP contribution in [0, 0.1) is 0 Å². The Bertz CT molecular complexity index is 141. The zero-order valence-corrected chi connectivity index (χ0v) is 8.01. The normalized spacial score (nSPS) is 12.2. The first kappa shape index (κ1) is 11.2. The number of hydrogen-bond donors (Lipinski definition) is 0. The highest BCUT2D eigenvalue weighted by Gasteiger charge is 2.05. The Balaban J connectivity index is 3.53. The molecule has 2 nitrogen and oxygen atoms in total. The number of carbonyl (C=O) groups excluding carboxylic acids is 1. The summed E-state index contributed by atoms with van der Waals surface area (Å²) in [7, 11) is 0. The molecule has 0 saturated carbocycles. The molecule has 2 heteroatoms. The maximum absolute atomic E-state index is 10.6. The Labute approximate surface area is 74.6 Å². The van der Waals surface area contributed by atoms with Crippen LogP contribution in [0.1, 0.15) is 39.5 Å². The molecule has 0 aliphatic heterocycles. The lowest BCUT2D eigenvalue weighted by Gasteiger charge is -2.11. The fourth-order valence-electron chi connectivity index (χ4n) is 1.03. The lowest BCUT2D eigenvalue weighted by Crippen LogP contribution is -2.12. The molecule has 0 saturated heterocycles. The fourth-order valence-corrected chi connectivity index (χ4v) is 1.03. The van der Waals surface area contributed by atoms with Crippen LogP contribution in [0.25, 0.3) is 0 Å². The maximum Gasteiger partial charge on any atom is 0.303 e. The van der Waals surface area contributed by atoms with Crippen LogP contribution in [0.5, 0.6) is 0 Å². The van der Waals surface area contributed by atoms with E-state index < -0.39 is 0 Å². The van der Waals surface area contributed by atoms with E-state index >= 15 is 0 Å². The van der Waals surface area contributed by atoms with Gasteiger partial charge in [0, 0.05) is 6.92 Å². The first-order valence-electron chi connectivity index (χ1n) is 4.50. The molecule has 0 N–H and O–H groups in total. The number of rotatable bonds is 6. The summed E-state index contributed by atoms with van der Waals surface area (Å²) in [6.07, 6.45) is 5.97. The van der Waals surface area contributed by atoms with Crippen molar-refractivity contribution < 1.29 is 9.53 Å². The van der Waals surface area contributed by atoms with E-state index in [9.17, 15) is 4.79 Å². The third-order valence-electron chi connectivity index (χ3n) is 1.67. The van der Waals surface area contributed by atoms with Crippen LogP contribution in [0.3, 0.4) is 0 Å². The third-order valence-corrected chi connectivity index (χ3v) is 1.67. The van der Waals surface area contributed by atoms with Gasteiger partial charge in [0.05, 0.1) is 0 Å². The Hall–Kier alpha value is -0.790. The molecule has 0 heterocycles. The Morgan fingerprint density at radius 2 is 2.25 bits per heavy atom. The van der Waals surface area contributed by atoms with Crippen molar-refractivity contribution in [2.75, 3.05) is 0 Å². The standard InChI is InChI=1S/C10H18O2/c1-4-6-7-8-10(5-2)12-9(3)11/h5,10H,2,4,6-8H2,1,3H3/t10-/m0/s1. The van der Waals surface area contributed by atoms with Crippen molar-refractivity contribution in [3.05, 3.63) is 12.7 Å². The maximum atomic E-state index is 10.6. The summed E-state index contributed by atoms with van der Waals surface area (Å²) in [6, 6.07) is 0. The van der Waals surface area contributed by atoms with E-state index in [1.165, 1.54) is 19.8 Å². The van der Waals surface area contributed by atoms with Crippen molar-refractivity contribution in [1.29, 1.82) is 0 Å². The van der Waals surface area contributed by atoms with Crippen molar-refractivity contribution in [3.8, 4) is 0 Å².